The van der Waals surface area contributed by atoms with Gasteiger partial charge in [-0.05, 0) is 29.8 Å². The summed E-state index contributed by atoms with van der Waals surface area (Å²) in [6.45, 7) is -0.185. The first kappa shape index (κ1) is 26.9. The van der Waals surface area contributed by atoms with Gasteiger partial charge in [0.1, 0.15) is 17.2 Å². The highest BCUT2D eigenvalue weighted by Gasteiger charge is 2.35. The quantitative estimate of drug-likeness (QED) is 0.385. The van der Waals surface area contributed by atoms with E-state index in [0.717, 1.165) is 16.1 Å². The lowest BCUT2D eigenvalue weighted by molar-refractivity contribution is -0.137. The third-order valence-electron chi connectivity index (χ3n) is 5.19. The van der Waals surface area contributed by atoms with Gasteiger partial charge in [0.25, 0.3) is 0 Å². The summed E-state index contributed by atoms with van der Waals surface area (Å²) >= 11 is 0. The predicted molar refractivity (Wildman–Crippen MR) is 124 cm³/mol. The van der Waals surface area contributed by atoms with E-state index in [4.69, 9.17) is 0 Å². The van der Waals surface area contributed by atoms with Crippen LogP contribution in [0.4, 0.5) is 42.1 Å². The topological polar surface area (TPSA) is 129 Å². The zero-order valence-electron chi connectivity index (χ0n) is 18.9. The van der Waals surface area contributed by atoms with E-state index in [1.807, 2.05) is 0 Å². The molecule has 2 aromatic heterocycles. The van der Waals surface area contributed by atoms with Gasteiger partial charge in [-0.3, -0.25) is 9.10 Å². The molecule has 4 rings (SSSR count). The van der Waals surface area contributed by atoms with Crippen LogP contribution in [0.15, 0.2) is 42.7 Å². The Hall–Kier alpha value is -3.65. The molecule has 3 heterocycles. The fourth-order valence-electron chi connectivity index (χ4n) is 3.41. The van der Waals surface area contributed by atoms with E-state index in [2.05, 4.69) is 30.9 Å². The number of hydrogen-bond acceptors (Lipinski definition) is 8. The van der Waals surface area contributed by atoms with Crippen LogP contribution in [0.2, 0.25) is 0 Å². The summed E-state index contributed by atoms with van der Waals surface area (Å²) < 4.78 is 65.6. The van der Waals surface area contributed by atoms with Crippen LogP contribution in [-0.2, 0) is 34.0 Å². The molecule has 0 fully saturated rings. The minimum absolute atomic E-state index is 0. The van der Waals surface area contributed by atoms with Crippen molar-refractivity contribution in [3.05, 3.63) is 59.4 Å². The van der Waals surface area contributed by atoms with Crippen LogP contribution in [0.3, 0.4) is 0 Å². The van der Waals surface area contributed by atoms with E-state index < -0.39 is 27.6 Å². The van der Waals surface area contributed by atoms with E-state index >= 15 is 0 Å². The number of fused-ring (bicyclic) bond motifs is 1. The van der Waals surface area contributed by atoms with Crippen molar-refractivity contribution in [2.75, 3.05) is 33.6 Å². The monoisotopic (exact) mass is 542 g/mol. The van der Waals surface area contributed by atoms with Crippen LogP contribution < -0.4 is 32.7 Å². The molecule has 0 aliphatic carbocycles. The number of hydrogen-bond donors (Lipinski definition) is 3. The predicted octanol–water partition coefficient (Wildman–Crippen LogP) is 0.141. The van der Waals surface area contributed by atoms with Crippen molar-refractivity contribution in [1.29, 1.82) is 0 Å². The summed E-state index contributed by atoms with van der Waals surface area (Å²) in [5.41, 5.74) is 1.16. The molecule has 1 aromatic carbocycles. The number of sulfonamides is 1. The Morgan fingerprint density at radius 2 is 1.94 bits per heavy atom. The molecule has 3 aromatic rings. The normalized spacial score (nSPS) is 12.9. The minimum atomic E-state index is -4.73. The highest BCUT2D eigenvalue weighted by Crippen LogP contribution is 2.35. The van der Waals surface area contributed by atoms with Gasteiger partial charge < -0.3 is 28.4 Å². The summed E-state index contributed by atoms with van der Waals surface area (Å²) in [5, 5.41) is 8.17. The molecular formula is C21H20ClF3N7O3S-. The number of carbonyl (C=O) groups excluding carboxylic acids is 1. The Kier molecular flexibility index (Phi) is 7.59. The third kappa shape index (κ3) is 5.94. The number of nitrogens with one attached hydrogen (secondary N) is 3. The molecular weight excluding hydrogens is 523 g/mol. The Balaban J connectivity index is 0.00000361. The summed E-state index contributed by atoms with van der Waals surface area (Å²) in [6.07, 6.45) is -1.51. The highest BCUT2D eigenvalue weighted by atomic mass is 35.5. The fourth-order valence-corrected chi connectivity index (χ4v) is 3.89. The second-order valence-corrected chi connectivity index (χ2v) is 9.76. The summed E-state index contributed by atoms with van der Waals surface area (Å²) in [6, 6.07) is 8.09. The second-order valence-electron chi connectivity index (χ2n) is 7.75. The van der Waals surface area contributed by atoms with Gasteiger partial charge in [-0.1, -0.05) is 6.07 Å². The number of benzene rings is 1. The molecule has 10 nitrogen and oxygen atoms in total. The third-order valence-corrected chi connectivity index (χ3v) is 6.36. The molecule has 36 heavy (non-hydrogen) atoms. The van der Waals surface area contributed by atoms with Gasteiger partial charge in [-0.25, -0.2) is 18.4 Å². The molecule has 1 aliphatic heterocycles. The maximum atomic E-state index is 13.6. The van der Waals surface area contributed by atoms with Gasteiger partial charge in [0, 0.05) is 42.9 Å². The molecule has 1 aliphatic rings. The number of pyridine rings is 1. The number of anilines is 5. The zero-order chi connectivity index (χ0) is 25.4. The van der Waals surface area contributed by atoms with E-state index in [9.17, 15) is 26.4 Å². The van der Waals surface area contributed by atoms with Gasteiger partial charge in [-0.15, -0.1) is 0 Å². The molecule has 0 bridgehead atoms. The Morgan fingerprint density at radius 1 is 1.19 bits per heavy atom. The van der Waals surface area contributed by atoms with Gasteiger partial charge in [0.2, 0.25) is 21.9 Å². The smallest absolute Gasteiger partial charge is 0.421 e. The highest BCUT2D eigenvalue weighted by molar-refractivity contribution is 7.92. The van der Waals surface area contributed by atoms with Crippen LogP contribution in [-0.4, -0.2) is 42.6 Å². The first-order valence-electron chi connectivity index (χ1n) is 10.2. The number of rotatable bonds is 7. The van der Waals surface area contributed by atoms with Crippen LogP contribution in [0, 0.1) is 0 Å². The summed E-state index contributed by atoms with van der Waals surface area (Å²) in [7, 11) is -2.34. The number of nitrogens with zero attached hydrogens (tertiary/aromatic N) is 4. The standard InChI is InChI=1S/C21H20F3N7O3S.ClH/c1-31(35(2,33)34)19-12(4-3-7-25-19)10-26-18-15(21(22,23)24)11-27-20(30-18)28-14-5-6-16-13(8-14)9-17(32)29-16;/h3-8,11H,9-10H2,1-2H3,(H,29,32)(H2,26,27,28,30);1H/p-1. The molecule has 3 N–H and O–H groups in total. The van der Waals surface area contributed by atoms with E-state index in [0.29, 0.717) is 23.1 Å². The van der Waals surface area contributed by atoms with Crippen LogP contribution in [0.25, 0.3) is 0 Å². The molecule has 1 amide bonds. The van der Waals surface area contributed by atoms with Crippen molar-refractivity contribution >= 4 is 44.9 Å². The first-order valence-corrected chi connectivity index (χ1v) is 12.0. The number of carbonyl (C=O) groups is 1. The van der Waals surface area contributed by atoms with Crippen molar-refractivity contribution in [3.8, 4) is 0 Å². The Morgan fingerprint density at radius 3 is 2.64 bits per heavy atom. The lowest BCUT2D eigenvalue weighted by Gasteiger charge is -2.20. The van der Waals surface area contributed by atoms with E-state index in [1.165, 1.54) is 13.2 Å². The van der Waals surface area contributed by atoms with Gasteiger partial charge >= 0.3 is 6.18 Å². The van der Waals surface area contributed by atoms with Crippen molar-refractivity contribution in [3.63, 3.8) is 0 Å². The lowest BCUT2D eigenvalue weighted by atomic mass is 10.1. The van der Waals surface area contributed by atoms with Gasteiger partial charge in [-0.2, -0.15) is 18.2 Å². The molecule has 0 saturated carbocycles. The zero-order valence-corrected chi connectivity index (χ0v) is 20.5. The molecule has 0 unspecified atom stereocenters. The minimum Gasteiger partial charge on any atom is -1.00 e. The molecule has 0 radical (unpaired) electrons. The average Bonchev–Trinajstić information content (AvgIpc) is 3.15. The van der Waals surface area contributed by atoms with Crippen LogP contribution in [0.5, 0.6) is 0 Å². The van der Waals surface area contributed by atoms with Crippen LogP contribution in [0.1, 0.15) is 16.7 Å². The van der Waals surface area contributed by atoms with E-state index in [1.54, 1.807) is 30.3 Å². The SMILES string of the molecule is CN(c1ncccc1CNc1nc(Nc2ccc3c(c2)CC(=O)N3)ncc1C(F)(F)F)S(C)(=O)=O.[Cl-]. The molecule has 192 valence electrons. The van der Waals surface area contributed by atoms with Crippen molar-refractivity contribution in [2.24, 2.45) is 0 Å². The number of amides is 1. The average molecular weight is 543 g/mol. The molecule has 0 spiro atoms. The number of halogens is 4. The number of aromatic nitrogens is 3. The summed E-state index contributed by atoms with van der Waals surface area (Å²) in [5.74, 6) is -0.669. The fraction of sp³-hybridized carbons (Fsp3) is 0.238. The van der Waals surface area contributed by atoms with Gasteiger partial charge in [0.05, 0.1) is 12.7 Å². The largest absolute Gasteiger partial charge is 1.00 e. The van der Waals surface area contributed by atoms with E-state index in [-0.39, 0.29) is 43.0 Å². The van der Waals surface area contributed by atoms with Crippen LogP contribution >= 0.6 is 0 Å². The second kappa shape index (κ2) is 10.1. The number of alkyl halides is 3. The first-order chi connectivity index (χ1) is 16.4. The Labute approximate surface area is 210 Å². The summed E-state index contributed by atoms with van der Waals surface area (Å²) in [4.78, 5) is 23.4. The van der Waals surface area contributed by atoms with Crippen molar-refractivity contribution in [2.45, 2.75) is 19.1 Å². The lowest BCUT2D eigenvalue weighted by Crippen LogP contribution is -3.00. The maximum Gasteiger partial charge on any atom is 0.421 e. The molecule has 0 saturated heterocycles. The van der Waals surface area contributed by atoms with Crippen molar-refractivity contribution < 1.29 is 38.8 Å². The molecule has 15 heteroatoms. The van der Waals surface area contributed by atoms with Crippen molar-refractivity contribution in [1.82, 2.24) is 15.0 Å². The maximum absolute atomic E-state index is 13.6. The Bertz CT molecular complexity index is 1400. The van der Waals surface area contributed by atoms with Gasteiger partial charge in [0.15, 0.2) is 0 Å². The molecule has 0 atom stereocenters.